The van der Waals surface area contributed by atoms with Crippen LogP contribution in [0.3, 0.4) is 0 Å². The summed E-state index contributed by atoms with van der Waals surface area (Å²) in [5, 5.41) is 150. The molecule has 3 saturated heterocycles. The minimum atomic E-state index is -2.91. The molecule has 0 aromatic carbocycles. The number of nitrogens with one attached hydrogen (secondary N) is 2. The largest absolute Gasteiger partial charge is 0.477 e. The smallest absolute Gasteiger partial charge is 0.364 e. The Labute approximate surface area is 318 Å². The van der Waals surface area contributed by atoms with E-state index in [1.54, 1.807) is 0 Å². The van der Waals surface area contributed by atoms with Crippen LogP contribution in [0.2, 0.25) is 0 Å². The molecule has 16 N–H and O–H groups in total. The summed E-state index contributed by atoms with van der Waals surface area (Å²) in [5.41, 5.74) is 0. The third-order valence-electron chi connectivity index (χ3n) is 9.54. The molecule has 0 aromatic heterocycles. The summed E-state index contributed by atoms with van der Waals surface area (Å²) < 4.78 is 33.6. The molecule has 0 radical (unpaired) electrons. The second kappa shape index (κ2) is 20.6. The van der Waals surface area contributed by atoms with E-state index < -0.39 is 173 Å². The van der Waals surface area contributed by atoms with Gasteiger partial charge in [-0.15, -0.1) is 0 Å². The average Bonchev–Trinajstić information content (AvgIpc) is 3.14. The Kier molecular flexibility index (Phi) is 17.6. The van der Waals surface area contributed by atoms with E-state index in [0.717, 1.165) is 20.8 Å². The Hall–Kier alpha value is -2.35. The number of aliphatic hydroxyl groups excluding tert-OH is 13. The van der Waals surface area contributed by atoms with Gasteiger partial charge in [0.15, 0.2) is 12.6 Å². The van der Waals surface area contributed by atoms with Crippen LogP contribution >= 0.6 is 0 Å². The lowest BCUT2D eigenvalue weighted by atomic mass is 9.88. The lowest BCUT2D eigenvalue weighted by Gasteiger charge is -2.49. The van der Waals surface area contributed by atoms with Gasteiger partial charge in [0, 0.05) is 20.3 Å². The van der Waals surface area contributed by atoms with Crippen molar-refractivity contribution >= 4 is 17.8 Å². The van der Waals surface area contributed by atoms with E-state index in [1.165, 1.54) is 0 Å². The molecular formula is C31H54N2O23. The van der Waals surface area contributed by atoms with Gasteiger partial charge in [0.05, 0.1) is 44.7 Å². The maximum Gasteiger partial charge on any atom is 0.364 e. The van der Waals surface area contributed by atoms with E-state index in [2.05, 4.69) is 10.6 Å². The van der Waals surface area contributed by atoms with Gasteiger partial charge in [-0.25, -0.2) is 4.79 Å². The SMILES string of the molecule is CC(=O)N[C@H]1[C@H](O[C@H]([C@H](O)[C@H](C)O)[C@H](O)CO)O[C@H](CO)[C@@H](O[C@@H]2O[C@H](CO[C@]3(C(=O)O)C[C@H](O)[C@@H](NC(C)=O)[C@H]([C@H](O)[C@H](O)CO)O3)[C@H](O)[C@H](O)[C@H]2O)[C@@H]1O. The van der Waals surface area contributed by atoms with Gasteiger partial charge in [-0.3, -0.25) is 9.59 Å². The minimum absolute atomic E-state index is 0.752. The zero-order chi connectivity index (χ0) is 42.4. The van der Waals surface area contributed by atoms with Gasteiger partial charge in [0.1, 0.15) is 85.4 Å². The number of rotatable bonds is 18. The highest BCUT2D eigenvalue weighted by Crippen LogP contribution is 2.36. The predicted molar refractivity (Wildman–Crippen MR) is 175 cm³/mol. The van der Waals surface area contributed by atoms with Crippen LogP contribution in [-0.4, -0.2) is 238 Å². The number of hydrogen-bond donors (Lipinski definition) is 16. The molecule has 3 heterocycles. The van der Waals surface area contributed by atoms with E-state index in [0.29, 0.717) is 0 Å². The molecule has 2 amide bonds. The summed E-state index contributed by atoms with van der Waals surface area (Å²) in [7, 11) is 0. The maximum atomic E-state index is 12.6. The number of aliphatic carboxylic acids is 1. The molecule has 0 spiro atoms. The molecule has 3 aliphatic heterocycles. The van der Waals surface area contributed by atoms with Crippen molar-refractivity contribution < 1.29 is 114 Å². The van der Waals surface area contributed by atoms with Gasteiger partial charge in [-0.2, -0.15) is 0 Å². The van der Waals surface area contributed by atoms with Crippen LogP contribution in [0.25, 0.3) is 0 Å². The van der Waals surface area contributed by atoms with E-state index >= 15 is 0 Å². The zero-order valence-corrected chi connectivity index (χ0v) is 30.4. The molecule has 3 rings (SSSR count). The summed E-state index contributed by atoms with van der Waals surface area (Å²) in [6.45, 7) is -0.869. The highest BCUT2D eigenvalue weighted by Gasteiger charge is 2.57. The Morgan fingerprint density at radius 1 is 0.786 bits per heavy atom. The molecule has 3 fully saturated rings. The minimum Gasteiger partial charge on any atom is -0.477 e. The van der Waals surface area contributed by atoms with Gasteiger partial charge in [0.25, 0.3) is 5.79 Å². The first-order valence-electron chi connectivity index (χ1n) is 17.5. The van der Waals surface area contributed by atoms with Crippen molar-refractivity contribution in [1.82, 2.24) is 10.6 Å². The quantitative estimate of drug-likeness (QED) is 0.0610. The van der Waals surface area contributed by atoms with E-state index in [9.17, 15) is 85.9 Å². The number of carbonyl (C=O) groups excluding carboxylic acids is 2. The van der Waals surface area contributed by atoms with Crippen LogP contribution in [0.1, 0.15) is 27.2 Å². The first kappa shape index (κ1) is 48.0. The molecule has 56 heavy (non-hydrogen) atoms. The molecule has 0 unspecified atom stereocenters. The van der Waals surface area contributed by atoms with Crippen molar-refractivity contribution in [3.8, 4) is 0 Å². The first-order valence-corrected chi connectivity index (χ1v) is 17.5. The number of hydrogen-bond acceptors (Lipinski definition) is 22. The van der Waals surface area contributed by atoms with Crippen LogP contribution in [0.5, 0.6) is 0 Å². The van der Waals surface area contributed by atoms with E-state index in [-0.39, 0.29) is 0 Å². The fraction of sp³-hybridized carbons (Fsp3) is 0.903. The Morgan fingerprint density at radius 3 is 1.88 bits per heavy atom. The van der Waals surface area contributed by atoms with Gasteiger partial charge >= 0.3 is 5.97 Å². The monoisotopic (exact) mass is 822 g/mol. The summed E-state index contributed by atoms with van der Waals surface area (Å²) in [6, 6.07) is -3.19. The summed E-state index contributed by atoms with van der Waals surface area (Å²) in [5.74, 6) is -6.37. The van der Waals surface area contributed by atoms with Crippen LogP contribution < -0.4 is 10.6 Å². The number of aliphatic hydroxyl groups is 13. The third kappa shape index (κ3) is 11.0. The first-order chi connectivity index (χ1) is 26.1. The molecule has 3 aliphatic rings. The summed E-state index contributed by atoms with van der Waals surface area (Å²) in [4.78, 5) is 36.5. The van der Waals surface area contributed by atoms with Crippen LogP contribution in [-0.2, 0) is 42.8 Å². The van der Waals surface area contributed by atoms with Crippen LogP contribution in [0.4, 0.5) is 0 Å². The molecule has 326 valence electrons. The van der Waals surface area contributed by atoms with Crippen molar-refractivity contribution in [3.63, 3.8) is 0 Å². The van der Waals surface area contributed by atoms with Gasteiger partial charge in [-0.1, -0.05) is 0 Å². The second-order valence-electron chi connectivity index (χ2n) is 13.8. The normalized spacial score (nSPS) is 39.8. The predicted octanol–water partition coefficient (Wildman–Crippen LogP) is -9.59. The molecule has 25 nitrogen and oxygen atoms in total. The average molecular weight is 823 g/mol. The Balaban J connectivity index is 1.88. The zero-order valence-electron chi connectivity index (χ0n) is 30.4. The van der Waals surface area contributed by atoms with Gasteiger partial charge in [-0.05, 0) is 6.92 Å². The van der Waals surface area contributed by atoms with Gasteiger partial charge < -0.3 is 111 Å². The molecule has 0 aromatic rings. The third-order valence-corrected chi connectivity index (χ3v) is 9.54. The number of carboxylic acids is 1. The molecule has 0 aliphatic carbocycles. The number of carbonyl (C=O) groups is 3. The molecule has 20 atom stereocenters. The van der Waals surface area contributed by atoms with Crippen molar-refractivity contribution in [2.45, 2.75) is 149 Å². The molecular weight excluding hydrogens is 768 g/mol. The topological polar surface area (TPSA) is 414 Å². The fourth-order valence-corrected chi connectivity index (χ4v) is 6.49. The molecule has 0 saturated carbocycles. The highest BCUT2D eigenvalue weighted by molar-refractivity contribution is 5.76. The summed E-state index contributed by atoms with van der Waals surface area (Å²) in [6.07, 6.45) is -33.2. The molecule has 0 bridgehead atoms. The van der Waals surface area contributed by atoms with E-state index in [4.69, 9.17) is 28.4 Å². The Morgan fingerprint density at radius 2 is 1.36 bits per heavy atom. The number of carboxylic acid groups (broad SMARTS) is 1. The van der Waals surface area contributed by atoms with Crippen LogP contribution in [0.15, 0.2) is 0 Å². The highest BCUT2D eigenvalue weighted by atomic mass is 16.8. The number of amides is 2. The number of ether oxygens (including phenoxy) is 6. The maximum absolute atomic E-state index is 12.6. The van der Waals surface area contributed by atoms with Crippen molar-refractivity contribution in [2.75, 3.05) is 26.4 Å². The van der Waals surface area contributed by atoms with Crippen molar-refractivity contribution in [1.29, 1.82) is 0 Å². The van der Waals surface area contributed by atoms with Crippen molar-refractivity contribution in [2.24, 2.45) is 0 Å². The van der Waals surface area contributed by atoms with E-state index in [1.807, 2.05) is 0 Å². The lowest BCUT2D eigenvalue weighted by Crippen LogP contribution is -2.69. The van der Waals surface area contributed by atoms with Gasteiger partial charge in [0.2, 0.25) is 11.8 Å². The summed E-state index contributed by atoms with van der Waals surface area (Å²) >= 11 is 0. The Bertz CT molecular complexity index is 1280. The molecule has 25 heteroatoms. The van der Waals surface area contributed by atoms with Crippen LogP contribution in [0, 0.1) is 0 Å². The fourth-order valence-electron chi connectivity index (χ4n) is 6.49. The van der Waals surface area contributed by atoms with Crippen molar-refractivity contribution in [3.05, 3.63) is 0 Å². The standard InChI is InChI=1S/C31H54N2O23/c1-9(37)19(43)25(14(42)6-35)54-28-18(33-11(3)39)22(46)26(15(7-36)52-28)55-29-24(48)23(47)21(45)16(53-29)8-51-31(30(49)50)4-12(40)17(32-10(2)38)27(56-31)20(44)13(41)5-34/h9,12-29,34-37,40-48H,4-8H2,1-3H3,(H,32,38)(H,33,39)(H,49,50)/t9-,12-,13+,14+,15+,16+,17+,18+,19+,20+,21-,22+,23-,24+,25-,26+,27+,28-,29-,31+/m0/s1. The lowest BCUT2D eigenvalue weighted by molar-refractivity contribution is -0.364. The second-order valence-corrected chi connectivity index (χ2v) is 13.8.